The normalized spacial score (nSPS) is 10.3. The van der Waals surface area contributed by atoms with Crippen LogP contribution in [0, 0.1) is 0 Å². The average molecular weight is 285 g/mol. The molecule has 5 nitrogen and oxygen atoms in total. The van der Waals surface area contributed by atoms with Crippen molar-refractivity contribution in [2.75, 3.05) is 6.54 Å². The van der Waals surface area contributed by atoms with E-state index in [1.54, 1.807) is 12.1 Å². The van der Waals surface area contributed by atoms with E-state index >= 15 is 0 Å². The van der Waals surface area contributed by atoms with Crippen LogP contribution >= 0.6 is 15.9 Å². The molecule has 0 fully saturated rings. The molecule has 6 heteroatoms. The van der Waals surface area contributed by atoms with Gasteiger partial charge in [-0.1, -0.05) is 6.08 Å². The second-order valence-electron chi connectivity index (χ2n) is 2.82. The van der Waals surface area contributed by atoms with Gasteiger partial charge in [-0.2, -0.15) is 0 Å². The second kappa shape index (κ2) is 6.02. The Morgan fingerprint density at radius 3 is 2.94 bits per heavy atom. The Hall–Kier alpha value is -1.69. The van der Waals surface area contributed by atoms with Crippen molar-refractivity contribution in [1.29, 1.82) is 0 Å². The number of hydrogen-bond donors (Lipinski definition) is 2. The van der Waals surface area contributed by atoms with E-state index in [2.05, 4.69) is 26.2 Å². The number of nitrogens with one attached hydrogen (secondary N) is 1. The van der Waals surface area contributed by atoms with E-state index in [1.165, 1.54) is 12.3 Å². The number of carboxylic acid groups (broad SMARTS) is 1. The van der Waals surface area contributed by atoms with E-state index in [1.807, 2.05) is 0 Å². The Morgan fingerprint density at radius 2 is 2.31 bits per heavy atom. The monoisotopic (exact) mass is 284 g/mol. The molecule has 1 rings (SSSR count). The lowest BCUT2D eigenvalue weighted by Gasteiger charge is -2.01. The van der Waals surface area contributed by atoms with Crippen LogP contribution in [-0.4, -0.2) is 28.5 Å². The summed E-state index contributed by atoms with van der Waals surface area (Å²) in [6.45, 7) is 0.172. The number of aromatic nitrogens is 1. The summed E-state index contributed by atoms with van der Waals surface area (Å²) in [6.07, 6.45) is 3.84. The highest BCUT2D eigenvalue weighted by atomic mass is 79.9. The third-order valence-corrected chi connectivity index (χ3v) is 2.06. The molecule has 0 aliphatic rings. The van der Waals surface area contributed by atoms with Gasteiger partial charge in [0.05, 0.1) is 0 Å². The van der Waals surface area contributed by atoms with Crippen molar-refractivity contribution in [3.63, 3.8) is 0 Å². The first-order chi connectivity index (χ1) is 7.59. The highest BCUT2D eigenvalue weighted by molar-refractivity contribution is 9.10. The van der Waals surface area contributed by atoms with Crippen molar-refractivity contribution in [2.45, 2.75) is 0 Å². The van der Waals surface area contributed by atoms with E-state index in [4.69, 9.17) is 5.11 Å². The van der Waals surface area contributed by atoms with Crippen molar-refractivity contribution in [3.05, 3.63) is 40.6 Å². The Bertz CT molecular complexity index is 432. The van der Waals surface area contributed by atoms with Crippen molar-refractivity contribution in [3.8, 4) is 0 Å². The van der Waals surface area contributed by atoms with Gasteiger partial charge in [-0.15, -0.1) is 0 Å². The lowest BCUT2D eigenvalue weighted by Crippen LogP contribution is -2.23. The summed E-state index contributed by atoms with van der Waals surface area (Å²) in [4.78, 5) is 25.5. The number of aliphatic carboxylic acids is 1. The van der Waals surface area contributed by atoms with Gasteiger partial charge in [0, 0.05) is 24.4 Å². The molecule has 0 aromatic carbocycles. The van der Waals surface area contributed by atoms with E-state index in [0.717, 1.165) is 6.08 Å². The Morgan fingerprint density at radius 1 is 1.56 bits per heavy atom. The molecule has 0 saturated carbocycles. The standard InChI is InChI=1S/C10H9BrN2O3/c11-8-6-7(3-5-12-8)10(16)13-4-1-2-9(14)15/h1-3,5-6H,4H2,(H,13,16)(H,14,15)/b2-1+. The zero-order valence-corrected chi connectivity index (χ0v) is 9.77. The third-order valence-electron chi connectivity index (χ3n) is 1.63. The summed E-state index contributed by atoms with van der Waals surface area (Å²) in [5.41, 5.74) is 0.464. The molecule has 0 saturated heterocycles. The van der Waals surface area contributed by atoms with Crippen LogP contribution in [-0.2, 0) is 4.79 Å². The molecule has 0 aliphatic heterocycles. The lowest BCUT2D eigenvalue weighted by atomic mass is 10.2. The molecule has 0 spiro atoms. The van der Waals surface area contributed by atoms with Crippen LogP contribution in [0.3, 0.4) is 0 Å². The number of amides is 1. The Labute approximate surface area is 100 Å². The number of pyridine rings is 1. The van der Waals surface area contributed by atoms with Crippen molar-refractivity contribution in [1.82, 2.24) is 10.3 Å². The average Bonchev–Trinajstić information content (AvgIpc) is 2.24. The van der Waals surface area contributed by atoms with E-state index in [0.29, 0.717) is 10.2 Å². The van der Waals surface area contributed by atoms with Gasteiger partial charge in [0.1, 0.15) is 4.60 Å². The first-order valence-electron chi connectivity index (χ1n) is 4.39. The third kappa shape index (κ3) is 4.22. The molecule has 1 heterocycles. The van der Waals surface area contributed by atoms with Gasteiger partial charge in [-0.05, 0) is 28.1 Å². The molecule has 0 radical (unpaired) electrons. The molecular weight excluding hydrogens is 276 g/mol. The minimum atomic E-state index is -1.04. The van der Waals surface area contributed by atoms with Crippen LogP contribution in [0.15, 0.2) is 35.1 Å². The number of rotatable bonds is 4. The van der Waals surface area contributed by atoms with Crippen LogP contribution in [0.5, 0.6) is 0 Å². The van der Waals surface area contributed by atoms with Gasteiger partial charge >= 0.3 is 5.97 Å². The lowest BCUT2D eigenvalue weighted by molar-refractivity contribution is -0.131. The second-order valence-corrected chi connectivity index (χ2v) is 3.63. The maximum atomic E-state index is 11.5. The summed E-state index contributed by atoms with van der Waals surface area (Å²) >= 11 is 3.15. The zero-order valence-electron chi connectivity index (χ0n) is 8.18. The SMILES string of the molecule is O=C(O)/C=C/CNC(=O)c1ccnc(Br)c1. The largest absolute Gasteiger partial charge is 0.478 e. The van der Waals surface area contributed by atoms with Gasteiger partial charge in [-0.25, -0.2) is 9.78 Å². The molecule has 0 unspecified atom stereocenters. The van der Waals surface area contributed by atoms with Gasteiger partial charge in [0.15, 0.2) is 0 Å². The number of hydrogen-bond acceptors (Lipinski definition) is 3. The first kappa shape index (κ1) is 12.4. The van der Waals surface area contributed by atoms with E-state index in [-0.39, 0.29) is 12.5 Å². The molecule has 0 aliphatic carbocycles. The fourth-order valence-electron chi connectivity index (χ4n) is 0.957. The number of carboxylic acids is 1. The zero-order chi connectivity index (χ0) is 12.0. The highest BCUT2D eigenvalue weighted by Crippen LogP contribution is 2.07. The number of halogens is 1. The van der Waals surface area contributed by atoms with Crippen LogP contribution < -0.4 is 5.32 Å². The Kier molecular flexibility index (Phi) is 4.65. The van der Waals surface area contributed by atoms with E-state index in [9.17, 15) is 9.59 Å². The van der Waals surface area contributed by atoms with Crippen LogP contribution in [0.4, 0.5) is 0 Å². The summed E-state index contributed by atoms with van der Waals surface area (Å²) < 4.78 is 0.571. The number of nitrogens with zero attached hydrogens (tertiary/aromatic N) is 1. The summed E-state index contributed by atoms with van der Waals surface area (Å²) in [5.74, 6) is -1.32. The van der Waals surface area contributed by atoms with Crippen molar-refractivity contribution in [2.24, 2.45) is 0 Å². The fraction of sp³-hybridized carbons (Fsp3) is 0.100. The Balaban J connectivity index is 2.50. The smallest absolute Gasteiger partial charge is 0.328 e. The predicted octanol–water partition coefficient (Wildman–Crippen LogP) is 1.21. The van der Waals surface area contributed by atoms with Crippen LogP contribution in [0.25, 0.3) is 0 Å². The summed E-state index contributed by atoms with van der Waals surface area (Å²) in [7, 11) is 0. The number of carbonyl (C=O) groups is 2. The minimum absolute atomic E-state index is 0.172. The summed E-state index contributed by atoms with van der Waals surface area (Å²) in [5, 5.41) is 10.9. The molecular formula is C10H9BrN2O3. The van der Waals surface area contributed by atoms with Gasteiger partial charge in [-0.3, -0.25) is 4.79 Å². The van der Waals surface area contributed by atoms with Crippen molar-refractivity contribution < 1.29 is 14.7 Å². The molecule has 0 bridgehead atoms. The molecule has 16 heavy (non-hydrogen) atoms. The van der Waals surface area contributed by atoms with Gasteiger partial charge < -0.3 is 10.4 Å². The van der Waals surface area contributed by atoms with Crippen LogP contribution in [0.2, 0.25) is 0 Å². The van der Waals surface area contributed by atoms with Crippen molar-refractivity contribution >= 4 is 27.8 Å². The van der Waals surface area contributed by atoms with E-state index < -0.39 is 5.97 Å². The maximum Gasteiger partial charge on any atom is 0.328 e. The molecule has 1 aromatic rings. The van der Waals surface area contributed by atoms with Crippen LogP contribution in [0.1, 0.15) is 10.4 Å². The summed E-state index contributed by atoms with van der Waals surface area (Å²) in [6, 6.07) is 3.15. The molecule has 2 N–H and O–H groups in total. The number of carbonyl (C=O) groups excluding carboxylic acids is 1. The molecule has 84 valence electrons. The highest BCUT2D eigenvalue weighted by Gasteiger charge is 2.04. The van der Waals surface area contributed by atoms with Gasteiger partial charge in [0.25, 0.3) is 5.91 Å². The quantitative estimate of drug-likeness (QED) is 0.644. The predicted molar refractivity (Wildman–Crippen MR) is 61.0 cm³/mol. The topological polar surface area (TPSA) is 79.3 Å². The first-order valence-corrected chi connectivity index (χ1v) is 5.18. The van der Waals surface area contributed by atoms with Gasteiger partial charge in [0.2, 0.25) is 0 Å². The molecule has 1 aromatic heterocycles. The molecule has 1 amide bonds. The fourth-order valence-corrected chi connectivity index (χ4v) is 1.32. The minimum Gasteiger partial charge on any atom is -0.478 e. The maximum absolute atomic E-state index is 11.5. The molecule has 0 atom stereocenters.